The maximum absolute atomic E-state index is 13.7. The Balaban J connectivity index is 1.88. The van der Waals surface area contributed by atoms with Gasteiger partial charge in [-0.05, 0) is 55.7 Å². The van der Waals surface area contributed by atoms with E-state index < -0.39 is 28.5 Å². The molecule has 0 heterocycles. The van der Waals surface area contributed by atoms with Gasteiger partial charge >= 0.3 is 0 Å². The Morgan fingerprint density at radius 3 is 2.35 bits per heavy atom. The van der Waals surface area contributed by atoms with Crippen molar-refractivity contribution >= 4 is 55.1 Å². The minimum atomic E-state index is -3.85. The van der Waals surface area contributed by atoms with E-state index in [1.54, 1.807) is 13.0 Å². The Hall–Kier alpha value is -2.30. The number of benzene rings is 2. The lowest BCUT2D eigenvalue weighted by atomic mass is 9.95. The molecule has 1 aliphatic rings. The van der Waals surface area contributed by atoms with Crippen molar-refractivity contribution in [3.63, 3.8) is 0 Å². The molecule has 2 amide bonds. The summed E-state index contributed by atoms with van der Waals surface area (Å²) < 4.78 is 32.5. The second-order valence-electron chi connectivity index (χ2n) is 9.26. The zero-order valence-corrected chi connectivity index (χ0v) is 24.4. The maximum atomic E-state index is 13.7. The van der Waals surface area contributed by atoms with Gasteiger partial charge in [0.25, 0.3) is 0 Å². The van der Waals surface area contributed by atoms with E-state index in [9.17, 15) is 18.0 Å². The number of hydrogen-bond donors (Lipinski definition) is 1. The first-order valence-electron chi connectivity index (χ1n) is 12.1. The van der Waals surface area contributed by atoms with Gasteiger partial charge in [-0.25, -0.2) is 8.42 Å². The van der Waals surface area contributed by atoms with Gasteiger partial charge < -0.3 is 15.0 Å². The van der Waals surface area contributed by atoms with Crippen molar-refractivity contribution in [2.75, 3.05) is 24.2 Å². The Labute approximate surface area is 232 Å². The number of anilines is 1. The molecular weight excluding hydrogens is 582 g/mol. The molecule has 2 aromatic carbocycles. The van der Waals surface area contributed by atoms with Crippen LogP contribution in [0.3, 0.4) is 0 Å². The van der Waals surface area contributed by atoms with Gasteiger partial charge in [0, 0.05) is 17.1 Å². The summed E-state index contributed by atoms with van der Waals surface area (Å²) in [5, 5.41) is 3.30. The standard InChI is InChI=1S/C26H33BrClN3O5S/c1-18(26(33)29-21-7-5-4-6-8-21)30(16-19-9-11-20(27)12-10-19)25(32)17-31(37(3,34)35)22-13-14-24(36-2)23(28)15-22/h9-15,18,21H,4-8,16-17H2,1-3H3,(H,29,33)/t18-/m0/s1. The van der Waals surface area contributed by atoms with Gasteiger partial charge in [-0.15, -0.1) is 0 Å². The fraction of sp³-hybridized carbons (Fsp3) is 0.462. The van der Waals surface area contributed by atoms with Gasteiger partial charge in [0.15, 0.2) is 0 Å². The first kappa shape index (κ1) is 29.3. The molecule has 37 heavy (non-hydrogen) atoms. The first-order valence-corrected chi connectivity index (χ1v) is 15.2. The van der Waals surface area contributed by atoms with Crippen molar-refractivity contribution in [3.05, 3.63) is 57.5 Å². The highest BCUT2D eigenvalue weighted by Gasteiger charge is 2.31. The molecule has 1 saturated carbocycles. The number of nitrogens with one attached hydrogen (secondary N) is 1. The number of rotatable bonds is 10. The Morgan fingerprint density at radius 1 is 1.14 bits per heavy atom. The summed E-state index contributed by atoms with van der Waals surface area (Å²) >= 11 is 9.64. The highest BCUT2D eigenvalue weighted by molar-refractivity contribution is 9.10. The summed E-state index contributed by atoms with van der Waals surface area (Å²) in [4.78, 5) is 28.3. The van der Waals surface area contributed by atoms with Crippen LogP contribution in [0.15, 0.2) is 46.9 Å². The lowest BCUT2D eigenvalue weighted by molar-refractivity contribution is -0.139. The number of ether oxygens (including phenoxy) is 1. The summed E-state index contributed by atoms with van der Waals surface area (Å²) in [7, 11) is -2.39. The molecule has 1 N–H and O–H groups in total. The quantitative estimate of drug-likeness (QED) is 0.417. The van der Waals surface area contributed by atoms with Crippen LogP contribution in [-0.4, -0.2) is 57.1 Å². The minimum Gasteiger partial charge on any atom is -0.495 e. The lowest BCUT2D eigenvalue weighted by Gasteiger charge is -2.33. The molecule has 0 unspecified atom stereocenters. The molecule has 1 aliphatic carbocycles. The summed E-state index contributed by atoms with van der Waals surface area (Å²) in [6, 6.07) is 11.2. The van der Waals surface area contributed by atoms with Gasteiger partial charge in [0.1, 0.15) is 18.3 Å². The molecule has 0 spiro atoms. The van der Waals surface area contributed by atoms with Crippen molar-refractivity contribution in [3.8, 4) is 5.75 Å². The number of halogens is 2. The van der Waals surface area contributed by atoms with Crippen LogP contribution in [0.1, 0.15) is 44.6 Å². The Morgan fingerprint density at radius 2 is 1.78 bits per heavy atom. The van der Waals surface area contributed by atoms with Crippen LogP contribution in [0.2, 0.25) is 5.02 Å². The number of methoxy groups -OCH3 is 1. The third-order valence-electron chi connectivity index (χ3n) is 6.49. The molecule has 0 aliphatic heterocycles. The fourth-order valence-electron chi connectivity index (χ4n) is 4.36. The van der Waals surface area contributed by atoms with Crippen LogP contribution in [0.5, 0.6) is 5.75 Å². The van der Waals surface area contributed by atoms with Crippen molar-refractivity contribution in [1.82, 2.24) is 10.2 Å². The first-order chi connectivity index (χ1) is 17.5. The summed E-state index contributed by atoms with van der Waals surface area (Å²) in [5.74, 6) is -0.377. The minimum absolute atomic E-state index is 0.0855. The van der Waals surface area contributed by atoms with E-state index in [-0.39, 0.29) is 29.2 Å². The van der Waals surface area contributed by atoms with Crippen molar-refractivity contribution in [1.29, 1.82) is 0 Å². The van der Waals surface area contributed by atoms with E-state index in [1.807, 2.05) is 24.3 Å². The van der Waals surface area contributed by atoms with Crippen molar-refractivity contribution in [2.24, 2.45) is 0 Å². The fourth-order valence-corrected chi connectivity index (χ4v) is 5.72. The zero-order chi connectivity index (χ0) is 27.2. The monoisotopic (exact) mass is 613 g/mol. The number of sulfonamides is 1. The highest BCUT2D eigenvalue weighted by Crippen LogP contribution is 2.30. The molecule has 1 atom stereocenters. The van der Waals surface area contributed by atoms with Crippen LogP contribution >= 0.6 is 27.5 Å². The van der Waals surface area contributed by atoms with E-state index in [0.717, 1.165) is 52.7 Å². The maximum Gasteiger partial charge on any atom is 0.244 e. The molecule has 3 rings (SSSR count). The van der Waals surface area contributed by atoms with Crippen LogP contribution in [0, 0.1) is 0 Å². The third kappa shape index (κ3) is 8.09. The molecule has 0 bridgehead atoms. The van der Waals surface area contributed by atoms with Gasteiger partial charge in [0.05, 0.1) is 24.1 Å². The second-order valence-corrected chi connectivity index (χ2v) is 12.5. The molecule has 8 nitrogen and oxygen atoms in total. The summed E-state index contributed by atoms with van der Waals surface area (Å²) in [6.07, 6.45) is 6.14. The number of carbonyl (C=O) groups excluding carboxylic acids is 2. The van der Waals surface area contributed by atoms with E-state index in [2.05, 4.69) is 21.2 Å². The lowest BCUT2D eigenvalue weighted by Crippen LogP contribution is -2.52. The van der Waals surface area contributed by atoms with Crippen molar-refractivity contribution in [2.45, 2.75) is 57.7 Å². The number of amides is 2. The average Bonchev–Trinajstić information content (AvgIpc) is 2.86. The zero-order valence-electron chi connectivity index (χ0n) is 21.2. The van der Waals surface area contributed by atoms with Crippen LogP contribution in [0.4, 0.5) is 5.69 Å². The molecular formula is C26H33BrClN3O5S. The van der Waals surface area contributed by atoms with E-state index in [1.165, 1.54) is 24.1 Å². The molecule has 202 valence electrons. The molecule has 0 saturated heterocycles. The number of nitrogens with zero attached hydrogens (tertiary/aromatic N) is 2. The van der Waals surface area contributed by atoms with Gasteiger partial charge in [-0.2, -0.15) is 0 Å². The smallest absolute Gasteiger partial charge is 0.244 e. The van der Waals surface area contributed by atoms with Gasteiger partial charge in [-0.3, -0.25) is 13.9 Å². The summed E-state index contributed by atoms with van der Waals surface area (Å²) in [5.41, 5.74) is 1.04. The van der Waals surface area contributed by atoms with Crippen LogP contribution in [-0.2, 0) is 26.2 Å². The Bertz CT molecular complexity index is 1200. The molecule has 2 aromatic rings. The second kappa shape index (κ2) is 13.0. The predicted molar refractivity (Wildman–Crippen MR) is 149 cm³/mol. The average molecular weight is 615 g/mol. The molecule has 0 radical (unpaired) electrons. The van der Waals surface area contributed by atoms with E-state index in [0.29, 0.717) is 5.75 Å². The van der Waals surface area contributed by atoms with E-state index in [4.69, 9.17) is 16.3 Å². The van der Waals surface area contributed by atoms with Gasteiger partial charge in [0.2, 0.25) is 21.8 Å². The number of hydrogen-bond acceptors (Lipinski definition) is 5. The predicted octanol–water partition coefficient (Wildman–Crippen LogP) is 4.74. The van der Waals surface area contributed by atoms with Crippen LogP contribution < -0.4 is 14.4 Å². The highest BCUT2D eigenvalue weighted by atomic mass is 79.9. The third-order valence-corrected chi connectivity index (χ3v) is 8.45. The Kier molecular flexibility index (Phi) is 10.3. The van der Waals surface area contributed by atoms with Crippen LogP contribution in [0.25, 0.3) is 0 Å². The molecule has 0 aromatic heterocycles. The topological polar surface area (TPSA) is 96.0 Å². The summed E-state index contributed by atoms with van der Waals surface area (Å²) in [6.45, 7) is 1.33. The number of carbonyl (C=O) groups is 2. The van der Waals surface area contributed by atoms with Crippen molar-refractivity contribution < 1.29 is 22.7 Å². The van der Waals surface area contributed by atoms with Gasteiger partial charge in [-0.1, -0.05) is 58.9 Å². The molecule has 11 heteroatoms. The van der Waals surface area contributed by atoms with E-state index >= 15 is 0 Å². The largest absolute Gasteiger partial charge is 0.495 e. The molecule has 1 fully saturated rings. The SMILES string of the molecule is COc1ccc(N(CC(=O)N(Cc2ccc(Br)cc2)[C@@H](C)C(=O)NC2CCCCC2)S(C)(=O)=O)cc1Cl. The normalized spacial score (nSPS) is 15.1.